The van der Waals surface area contributed by atoms with Crippen molar-refractivity contribution in [3.8, 4) is 0 Å². The zero-order chi connectivity index (χ0) is 9.35. The molecule has 2 N–H and O–H groups in total. The van der Waals surface area contributed by atoms with Gasteiger partial charge in [0.25, 0.3) is 0 Å². The molecular formula is C5H10N4O2S. The number of sulfone groups is 1. The van der Waals surface area contributed by atoms with Gasteiger partial charge in [-0.15, -0.1) is 5.10 Å². The zero-order valence-corrected chi connectivity index (χ0v) is 7.67. The van der Waals surface area contributed by atoms with E-state index in [1.807, 2.05) is 0 Å². The van der Waals surface area contributed by atoms with Crippen LogP contribution in [0.2, 0.25) is 0 Å². The second kappa shape index (κ2) is 2.74. The fourth-order valence-electron chi connectivity index (χ4n) is 0.704. The van der Waals surface area contributed by atoms with Crippen LogP contribution in [0.3, 0.4) is 0 Å². The molecule has 0 aliphatic heterocycles. The smallest absolute Gasteiger partial charge is 0.220 e. The Bertz CT molecular complexity index is 380. The summed E-state index contributed by atoms with van der Waals surface area (Å²) >= 11 is 0. The minimum atomic E-state index is -3.33. The van der Waals surface area contributed by atoms with Crippen molar-refractivity contribution in [3.63, 3.8) is 0 Å². The van der Waals surface area contributed by atoms with Gasteiger partial charge in [-0.1, -0.05) is 12.1 Å². The van der Waals surface area contributed by atoms with Crippen molar-refractivity contribution < 1.29 is 8.42 Å². The van der Waals surface area contributed by atoms with Gasteiger partial charge in [-0.3, -0.25) is 0 Å². The zero-order valence-electron chi connectivity index (χ0n) is 6.85. The summed E-state index contributed by atoms with van der Waals surface area (Å²) in [7, 11) is -1.79. The first-order valence-electron chi connectivity index (χ1n) is 3.37. The third-order valence-corrected chi connectivity index (χ3v) is 3.15. The maximum absolute atomic E-state index is 11.2. The topological polar surface area (TPSA) is 90.9 Å². The number of hydrogen-bond acceptors (Lipinski definition) is 5. The monoisotopic (exact) mass is 190 g/mol. The Balaban J connectivity index is 3.30. The number of aromatic nitrogens is 3. The largest absolute Gasteiger partial charge is 0.381 e. The lowest BCUT2D eigenvalue weighted by Gasteiger charge is -1.96. The fourth-order valence-corrected chi connectivity index (χ4v) is 1.59. The van der Waals surface area contributed by atoms with Crippen molar-refractivity contribution in [1.82, 2.24) is 15.0 Å². The summed E-state index contributed by atoms with van der Waals surface area (Å²) in [6.45, 7) is 1.53. The quantitative estimate of drug-likeness (QED) is 0.658. The van der Waals surface area contributed by atoms with Gasteiger partial charge in [0.1, 0.15) is 0 Å². The average molecular weight is 190 g/mol. The molecule has 0 aliphatic rings. The Hall–Kier alpha value is -1.11. The van der Waals surface area contributed by atoms with E-state index in [4.69, 9.17) is 5.73 Å². The molecule has 12 heavy (non-hydrogen) atoms. The van der Waals surface area contributed by atoms with Crippen LogP contribution < -0.4 is 5.73 Å². The average Bonchev–Trinajstić information content (AvgIpc) is 2.33. The third-order valence-electron chi connectivity index (χ3n) is 1.51. The van der Waals surface area contributed by atoms with Crippen LogP contribution in [-0.4, -0.2) is 29.2 Å². The molecule has 68 valence electrons. The lowest BCUT2D eigenvalue weighted by atomic mass is 10.8. The molecule has 0 aromatic carbocycles. The molecule has 1 aromatic heterocycles. The van der Waals surface area contributed by atoms with Crippen LogP contribution in [0.1, 0.15) is 6.92 Å². The van der Waals surface area contributed by atoms with Crippen molar-refractivity contribution in [1.29, 1.82) is 0 Å². The fraction of sp³-hybridized carbons (Fsp3) is 0.600. The lowest BCUT2D eigenvalue weighted by molar-refractivity contribution is 0.593. The van der Waals surface area contributed by atoms with Gasteiger partial charge in [0.15, 0.2) is 5.82 Å². The van der Waals surface area contributed by atoms with E-state index in [1.165, 1.54) is 18.7 Å². The lowest BCUT2D eigenvalue weighted by Crippen LogP contribution is -2.08. The first-order valence-corrected chi connectivity index (χ1v) is 5.02. The molecule has 0 atom stereocenters. The van der Waals surface area contributed by atoms with Crippen molar-refractivity contribution in [2.75, 3.05) is 11.5 Å². The first-order chi connectivity index (χ1) is 5.49. The van der Waals surface area contributed by atoms with E-state index in [0.29, 0.717) is 0 Å². The Morgan fingerprint density at radius 1 is 1.58 bits per heavy atom. The minimum Gasteiger partial charge on any atom is -0.381 e. The van der Waals surface area contributed by atoms with Crippen LogP contribution in [0, 0.1) is 0 Å². The predicted molar refractivity (Wildman–Crippen MR) is 43.1 cm³/mol. The van der Waals surface area contributed by atoms with Gasteiger partial charge in [-0.25, -0.2) is 13.1 Å². The SMILES string of the molecule is CCS(=O)(=O)c1nnn(C)c1N. The number of hydrogen-bond donors (Lipinski definition) is 1. The highest BCUT2D eigenvalue weighted by Crippen LogP contribution is 2.13. The molecule has 0 aliphatic carbocycles. The standard InChI is InChI=1S/C5H10N4O2S/c1-3-12(10,11)5-4(6)9(2)8-7-5/h3,6H2,1-2H3. The van der Waals surface area contributed by atoms with E-state index in [1.54, 1.807) is 0 Å². The van der Waals surface area contributed by atoms with Gasteiger partial charge in [-0.05, 0) is 0 Å². The number of nitrogens with zero attached hydrogens (tertiary/aromatic N) is 3. The van der Waals surface area contributed by atoms with E-state index in [2.05, 4.69) is 10.3 Å². The van der Waals surface area contributed by atoms with Gasteiger partial charge >= 0.3 is 0 Å². The Morgan fingerprint density at radius 3 is 2.50 bits per heavy atom. The molecule has 7 heteroatoms. The van der Waals surface area contributed by atoms with E-state index >= 15 is 0 Å². The van der Waals surface area contributed by atoms with Gasteiger partial charge in [-0.2, -0.15) is 0 Å². The molecular weight excluding hydrogens is 180 g/mol. The summed E-state index contributed by atoms with van der Waals surface area (Å²) in [5.41, 5.74) is 5.42. The summed E-state index contributed by atoms with van der Waals surface area (Å²) < 4.78 is 23.7. The summed E-state index contributed by atoms with van der Waals surface area (Å²) in [4.78, 5) is 0. The van der Waals surface area contributed by atoms with Crippen LogP contribution in [-0.2, 0) is 16.9 Å². The van der Waals surface area contributed by atoms with Crippen molar-refractivity contribution in [2.24, 2.45) is 7.05 Å². The highest BCUT2D eigenvalue weighted by Gasteiger charge is 2.20. The Morgan fingerprint density at radius 2 is 2.17 bits per heavy atom. The van der Waals surface area contributed by atoms with E-state index in [-0.39, 0.29) is 16.6 Å². The first kappa shape index (κ1) is 8.98. The highest BCUT2D eigenvalue weighted by atomic mass is 32.2. The second-order valence-corrected chi connectivity index (χ2v) is 4.50. The summed E-state index contributed by atoms with van der Waals surface area (Å²) in [5.74, 6) is 0.0625. The normalized spacial score (nSPS) is 11.8. The van der Waals surface area contributed by atoms with Crippen LogP contribution in [0.25, 0.3) is 0 Å². The molecule has 1 aromatic rings. The number of nitrogen functional groups attached to an aromatic ring is 1. The summed E-state index contributed by atoms with van der Waals surface area (Å²) in [6, 6.07) is 0. The molecule has 0 unspecified atom stereocenters. The number of nitrogens with two attached hydrogens (primary N) is 1. The molecule has 1 rings (SSSR count). The molecule has 0 radical (unpaired) electrons. The van der Waals surface area contributed by atoms with Crippen LogP contribution in [0.5, 0.6) is 0 Å². The Labute approximate surface area is 70.3 Å². The van der Waals surface area contributed by atoms with Gasteiger partial charge < -0.3 is 5.73 Å². The van der Waals surface area contributed by atoms with Crippen molar-refractivity contribution in [2.45, 2.75) is 11.9 Å². The maximum atomic E-state index is 11.2. The van der Waals surface area contributed by atoms with Gasteiger partial charge in [0.2, 0.25) is 14.9 Å². The van der Waals surface area contributed by atoms with Crippen molar-refractivity contribution >= 4 is 15.7 Å². The molecule has 6 nitrogen and oxygen atoms in total. The van der Waals surface area contributed by atoms with Crippen LogP contribution in [0.4, 0.5) is 5.82 Å². The summed E-state index contributed by atoms with van der Waals surface area (Å²) in [5, 5.41) is 6.82. The molecule has 0 fully saturated rings. The second-order valence-electron chi connectivity index (χ2n) is 2.31. The highest BCUT2D eigenvalue weighted by molar-refractivity contribution is 7.91. The van der Waals surface area contributed by atoms with Crippen LogP contribution >= 0.6 is 0 Å². The van der Waals surface area contributed by atoms with Crippen molar-refractivity contribution in [3.05, 3.63) is 0 Å². The van der Waals surface area contributed by atoms with Gasteiger partial charge in [0, 0.05) is 7.05 Å². The Kier molecular flexibility index (Phi) is 2.05. The van der Waals surface area contributed by atoms with E-state index in [9.17, 15) is 8.42 Å². The summed E-state index contributed by atoms with van der Waals surface area (Å²) in [6.07, 6.45) is 0. The predicted octanol–water partition coefficient (Wildman–Crippen LogP) is -0.809. The van der Waals surface area contributed by atoms with Crippen LogP contribution in [0.15, 0.2) is 5.03 Å². The molecule has 0 saturated carbocycles. The molecule has 1 heterocycles. The van der Waals surface area contributed by atoms with E-state index in [0.717, 1.165) is 0 Å². The molecule has 0 amide bonds. The third kappa shape index (κ3) is 1.27. The maximum Gasteiger partial charge on any atom is 0.220 e. The minimum absolute atomic E-state index is 0.0180. The van der Waals surface area contributed by atoms with Gasteiger partial charge in [0.05, 0.1) is 5.75 Å². The molecule has 0 spiro atoms. The molecule has 0 saturated heterocycles. The molecule has 0 bridgehead atoms. The van der Waals surface area contributed by atoms with E-state index < -0.39 is 9.84 Å². The number of rotatable bonds is 2. The number of aryl methyl sites for hydroxylation is 1. The number of anilines is 1.